The maximum Gasteiger partial charge on any atom is 0.167 e. The molecule has 0 radical (unpaired) electrons. The number of Topliss-reactive ketones (excluding diaryl/α,β-unsaturated/α-hetero) is 1. The smallest absolute Gasteiger partial charge is 0.167 e. The first-order valence-electron chi connectivity index (χ1n) is 7.19. The van der Waals surface area contributed by atoms with Crippen molar-refractivity contribution in [2.24, 2.45) is 0 Å². The van der Waals surface area contributed by atoms with Crippen molar-refractivity contribution < 1.29 is 9.53 Å². The van der Waals surface area contributed by atoms with Gasteiger partial charge in [0.15, 0.2) is 5.78 Å². The molecule has 2 aromatic carbocycles. The van der Waals surface area contributed by atoms with E-state index >= 15 is 0 Å². The molecule has 0 heterocycles. The zero-order valence-electron chi connectivity index (χ0n) is 12.1. The molecule has 0 spiro atoms. The van der Waals surface area contributed by atoms with Gasteiger partial charge in [-0.25, -0.2) is 0 Å². The van der Waals surface area contributed by atoms with Gasteiger partial charge in [0.05, 0.1) is 6.61 Å². The van der Waals surface area contributed by atoms with Gasteiger partial charge in [-0.2, -0.15) is 0 Å². The maximum atomic E-state index is 12.2. The lowest BCUT2D eigenvalue weighted by atomic mass is 10.0. The molecule has 2 rings (SSSR count). The molecule has 0 saturated heterocycles. The summed E-state index contributed by atoms with van der Waals surface area (Å²) >= 11 is 5.84. The lowest BCUT2D eigenvalue weighted by molar-refractivity contribution is 0.0993. The first kappa shape index (κ1) is 15.6. The number of halogens is 1. The zero-order chi connectivity index (χ0) is 15.1. The monoisotopic (exact) mass is 302 g/mol. The summed E-state index contributed by atoms with van der Waals surface area (Å²) in [7, 11) is 0. The third kappa shape index (κ3) is 4.91. The fourth-order valence-corrected chi connectivity index (χ4v) is 2.09. The third-order valence-corrected chi connectivity index (χ3v) is 3.47. The van der Waals surface area contributed by atoms with E-state index in [4.69, 9.17) is 16.3 Å². The molecule has 0 N–H and O–H groups in total. The van der Waals surface area contributed by atoms with Crippen LogP contribution in [-0.4, -0.2) is 12.4 Å². The summed E-state index contributed by atoms with van der Waals surface area (Å²) in [5, 5.41) is 0.680. The molecule has 110 valence electrons. The topological polar surface area (TPSA) is 26.3 Å². The Bertz CT molecular complexity index is 573. The van der Waals surface area contributed by atoms with Crippen LogP contribution in [0.5, 0.6) is 5.75 Å². The third-order valence-electron chi connectivity index (χ3n) is 3.22. The molecule has 2 aromatic rings. The van der Waals surface area contributed by atoms with Crippen molar-refractivity contribution in [3.05, 3.63) is 64.7 Å². The average Bonchev–Trinajstić information content (AvgIpc) is 2.50. The van der Waals surface area contributed by atoms with E-state index in [0.29, 0.717) is 23.6 Å². The van der Waals surface area contributed by atoms with Gasteiger partial charge in [0.25, 0.3) is 0 Å². The summed E-state index contributed by atoms with van der Waals surface area (Å²) in [4.78, 5) is 12.2. The van der Waals surface area contributed by atoms with Gasteiger partial charge >= 0.3 is 0 Å². The second-order valence-corrected chi connectivity index (χ2v) is 5.39. The summed E-state index contributed by atoms with van der Waals surface area (Å²) < 4.78 is 5.59. The number of ether oxygens (including phenoxy) is 1. The van der Waals surface area contributed by atoms with Crippen molar-refractivity contribution in [1.82, 2.24) is 0 Å². The van der Waals surface area contributed by atoms with Crippen LogP contribution < -0.4 is 4.74 Å². The Morgan fingerprint density at radius 1 is 1.05 bits per heavy atom. The second kappa shape index (κ2) is 7.84. The predicted molar refractivity (Wildman–Crippen MR) is 86.3 cm³/mol. The number of ketones is 1. The Labute approximate surface area is 130 Å². The molecule has 0 unspecified atom stereocenters. The number of carbonyl (C=O) groups excluding carboxylic acids is 1. The van der Waals surface area contributed by atoms with E-state index in [1.807, 2.05) is 36.4 Å². The van der Waals surface area contributed by atoms with Gasteiger partial charge < -0.3 is 4.74 Å². The van der Waals surface area contributed by atoms with Crippen LogP contribution in [0.4, 0.5) is 0 Å². The highest BCUT2D eigenvalue weighted by Gasteiger charge is 2.07. The minimum atomic E-state index is 0.0948. The van der Waals surface area contributed by atoms with E-state index in [0.717, 1.165) is 24.2 Å². The highest BCUT2D eigenvalue weighted by atomic mass is 35.5. The second-order valence-electron chi connectivity index (χ2n) is 4.95. The fraction of sp³-hybridized carbons (Fsp3) is 0.278. The number of benzene rings is 2. The first-order valence-corrected chi connectivity index (χ1v) is 7.57. The Hall–Kier alpha value is -1.80. The Morgan fingerprint density at radius 2 is 1.71 bits per heavy atom. The molecule has 0 saturated carbocycles. The Balaban J connectivity index is 1.94. The van der Waals surface area contributed by atoms with Gasteiger partial charge in [0.2, 0.25) is 0 Å². The number of carbonyl (C=O) groups is 1. The van der Waals surface area contributed by atoms with E-state index in [-0.39, 0.29) is 5.78 Å². The predicted octanol–water partition coefficient (Wildman–Crippen LogP) is 4.94. The van der Waals surface area contributed by atoms with Crippen molar-refractivity contribution in [1.29, 1.82) is 0 Å². The van der Waals surface area contributed by atoms with Crippen LogP contribution in [0.3, 0.4) is 0 Å². The van der Waals surface area contributed by atoms with Crippen molar-refractivity contribution in [2.45, 2.75) is 26.2 Å². The molecule has 3 heteroatoms. The largest absolute Gasteiger partial charge is 0.494 e. The van der Waals surface area contributed by atoms with E-state index < -0.39 is 0 Å². The highest BCUT2D eigenvalue weighted by Crippen LogP contribution is 2.16. The minimum absolute atomic E-state index is 0.0948. The molecule has 2 nitrogen and oxygen atoms in total. The molecule has 0 bridgehead atoms. The number of unbranched alkanes of at least 4 members (excludes halogenated alkanes) is 1. The fourth-order valence-electron chi connectivity index (χ4n) is 1.96. The summed E-state index contributed by atoms with van der Waals surface area (Å²) in [6, 6.07) is 14.7. The standard InChI is InChI=1S/C18H19ClO2/c1-2-3-12-21-17-10-6-15(7-11-17)18(20)13-14-4-8-16(19)9-5-14/h4-11H,2-3,12-13H2,1H3. The number of rotatable bonds is 7. The van der Waals surface area contributed by atoms with Gasteiger partial charge in [0, 0.05) is 17.0 Å². The molecule has 0 aliphatic rings. The summed E-state index contributed by atoms with van der Waals surface area (Å²) in [5.74, 6) is 0.906. The SMILES string of the molecule is CCCCOc1ccc(C(=O)Cc2ccc(Cl)cc2)cc1. The van der Waals surface area contributed by atoms with E-state index in [1.54, 1.807) is 12.1 Å². The Kier molecular flexibility index (Phi) is 5.82. The quantitative estimate of drug-likeness (QED) is 0.534. The number of hydrogen-bond donors (Lipinski definition) is 0. The molecule has 0 aliphatic heterocycles. The van der Waals surface area contributed by atoms with Crippen LogP contribution in [-0.2, 0) is 6.42 Å². The highest BCUT2D eigenvalue weighted by molar-refractivity contribution is 6.30. The Morgan fingerprint density at radius 3 is 2.33 bits per heavy atom. The summed E-state index contributed by atoms with van der Waals surface area (Å²) in [5.41, 5.74) is 1.67. The van der Waals surface area contributed by atoms with Gasteiger partial charge in [-0.3, -0.25) is 4.79 Å². The van der Waals surface area contributed by atoms with Crippen LogP contribution in [0.1, 0.15) is 35.7 Å². The molecular weight excluding hydrogens is 284 g/mol. The summed E-state index contributed by atoms with van der Waals surface area (Å²) in [6.07, 6.45) is 2.53. The summed E-state index contributed by atoms with van der Waals surface area (Å²) in [6.45, 7) is 2.84. The van der Waals surface area contributed by atoms with Crippen LogP contribution in [0, 0.1) is 0 Å². The van der Waals surface area contributed by atoms with Crippen LogP contribution in [0.2, 0.25) is 5.02 Å². The van der Waals surface area contributed by atoms with E-state index in [9.17, 15) is 4.79 Å². The van der Waals surface area contributed by atoms with Gasteiger partial charge in [-0.15, -0.1) is 0 Å². The first-order chi connectivity index (χ1) is 10.2. The lowest BCUT2D eigenvalue weighted by Gasteiger charge is -2.06. The molecule has 0 amide bonds. The van der Waals surface area contributed by atoms with E-state index in [1.165, 1.54) is 0 Å². The molecule has 0 fully saturated rings. The average molecular weight is 303 g/mol. The lowest BCUT2D eigenvalue weighted by Crippen LogP contribution is -2.03. The molecular formula is C18H19ClO2. The molecule has 21 heavy (non-hydrogen) atoms. The van der Waals surface area contributed by atoms with Gasteiger partial charge in [0.1, 0.15) is 5.75 Å². The molecule has 0 aliphatic carbocycles. The van der Waals surface area contributed by atoms with Crippen LogP contribution in [0.15, 0.2) is 48.5 Å². The minimum Gasteiger partial charge on any atom is -0.494 e. The van der Waals surface area contributed by atoms with Gasteiger partial charge in [-0.05, 0) is 48.4 Å². The van der Waals surface area contributed by atoms with Gasteiger partial charge in [-0.1, -0.05) is 37.1 Å². The molecule has 0 aromatic heterocycles. The molecule has 0 atom stereocenters. The van der Waals surface area contributed by atoms with Crippen molar-refractivity contribution in [2.75, 3.05) is 6.61 Å². The van der Waals surface area contributed by atoms with Crippen molar-refractivity contribution in [3.8, 4) is 5.75 Å². The van der Waals surface area contributed by atoms with Crippen molar-refractivity contribution in [3.63, 3.8) is 0 Å². The van der Waals surface area contributed by atoms with Crippen LogP contribution in [0.25, 0.3) is 0 Å². The zero-order valence-corrected chi connectivity index (χ0v) is 12.9. The van der Waals surface area contributed by atoms with Crippen LogP contribution >= 0.6 is 11.6 Å². The van der Waals surface area contributed by atoms with Crippen molar-refractivity contribution >= 4 is 17.4 Å². The normalized spacial score (nSPS) is 10.4. The maximum absolute atomic E-state index is 12.2. The number of hydrogen-bond acceptors (Lipinski definition) is 2. The van der Waals surface area contributed by atoms with E-state index in [2.05, 4.69) is 6.92 Å².